The highest BCUT2D eigenvalue weighted by Gasteiger charge is 2.04. The van der Waals surface area contributed by atoms with Gasteiger partial charge >= 0.3 is 0 Å². The molecule has 2 aromatic carbocycles. The number of nitrogens with one attached hydrogen (secondary N) is 1. The lowest BCUT2D eigenvalue weighted by Gasteiger charge is -2.05. The Kier molecular flexibility index (Phi) is 4.38. The molecule has 0 aromatic heterocycles. The number of hydrazone groups is 1. The molecule has 1 amide bonds. The Labute approximate surface area is 124 Å². The fraction of sp³-hybridized carbons (Fsp3) is 0.176. The fourth-order valence-corrected chi connectivity index (χ4v) is 1.96. The van der Waals surface area contributed by atoms with Crippen molar-refractivity contribution in [2.24, 2.45) is 5.10 Å². The predicted molar refractivity (Wildman–Crippen MR) is 83.8 cm³/mol. The number of phenolic OH excluding ortho intramolecular Hbond substituents is 1. The van der Waals surface area contributed by atoms with Gasteiger partial charge in [-0.2, -0.15) is 5.10 Å². The summed E-state index contributed by atoms with van der Waals surface area (Å²) >= 11 is 0. The molecule has 2 N–H and O–H groups in total. The van der Waals surface area contributed by atoms with E-state index in [0.717, 1.165) is 11.1 Å². The van der Waals surface area contributed by atoms with Crippen LogP contribution in [0.1, 0.15) is 32.6 Å². The van der Waals surface area contributed by atoms with Gasteiger partial charge in [0.15, 0.2) is 0 Å². The minimum atomic E-state index is -0.312. The normalized spacial score (nSPS) is 10.8. The summed E-state index contributed by atoms with van der Waals surface area (Å²) in [5, 5.41) is 13.2. The molecule has 0 spiro atoms. The summed E-state index contributed by atoms with van der Waals surface area (Å²) in [6, 6.07) is 10.2. The van der Waals surface area contributed by atoms with Crippen molar-refractivity contribution in [3.63, 3.8) is 0 Å². The van der Waals surface area contributed by atoms with Crippen LogP contribution in [0, 0.1) is 20.8 Å². The summed E-state index contributed by atoms with van der Waals surface area (Å²) in [6.07, 6.45) is 1.64. The van der Waals surface area contributed by atoms with Crippen molar-refractivity contribution in [2.75, 3.05) is 0 Å². The molecule has 0 saturated heterocycles. The van der Waals surface area contributed by atoms with Gasteiger partial charge < -0.3 is 5.11 Å². The van der Waals surface area contributed by atoms with E-state index in [-0.39, 0.29) is 11.7 Å². The van der Waals surface area contributed by atoms with Gasteiger partial charge in [-0.15, -0.1) is 0 Å². The quantitative estimate of drug-likeness (QED) is 0.671. The molecule has 21 heavy (non-hydrogen) atoms. The van der Waals surface area contributed by atoms with E-state index in [0.29, 0.717) is 5.56 Å². The number of phenols is 1. The fourth-order valence-electron chi connectivity index (χ4n) is 1.96. The number of hydrogen-bond acceptors (Lipinski definition) is 3. The van der Waals surface area contributed by atoms with Gasteiger partial charge in [-0.3, -0.25) is 4.79 Å². The van der Waals surface area contributed by atoms with Gasteiger partial charge in [0.05, 0.1) is 6.21 Å². The average Bonchev–Trinajstić information content (AvgIpc) is 2.45. The highest BCUT2D eigenvalue weighted by molar-refractivity contribution is 5.95. The van der Waals surface area contributed by atoms with Gasteiger partial charge in [0.25, 0.3) is 5.91 Å². The molecule has 0 fully saturated rings. The molecule has 0 aliphatic carbocycles. The van der Waals surface area contributed by atoms with Gasteiger partial charge in [-0.05, 0) is 73.4 Å². The SMILES string of the molecule is Cc1cc(C)c(/C=N\NC(=O)c2ccc(O)cc2)cc1C. The molecule has 4 nitrogen and oxygen atoms in total. The Morgan fingerprint density at radius 1 is 1.05 bits per heavy atom. The Balaban J connectivity index is 2.07. The zero-order valence-corrected chi connectivity index (χ0v) is 12.3. The number of amides is 1. The molecule has 0 heterocycles. The monoisotopic (exact) mass is 282 g/mol. The summed E-state index contributed by atoms with van der Waals surface area (Å²) < 4.78 is 0. The zero-order valence-electron chi connectivity index (χ0n) is 12.3. The van der Waals surface area contributed by atoms with E-state index in [2.05, 4.69) is 23.5 Å². The summed E-state index contributed by atoms with van der Waals surface area (Å²) in [6.45, 7) is 6.12. The lowest BCUT2D eigenvalue weighted by atomic mass is 10.0. The van der Waals surface area contributed by atoms with Gasteiger partial charge in [-0.1, -0.05) is 6.07 Å². The first kappa shape index (κ1) is 14.8. The topological polar surface area (TPSA) is 61.7 Å². The first-order valence-electron chi connectivity index (χ1n) is 6.67. The van der Waals surface area contributed by atoms with Crippen LogP contribution in [-0.2, 0) is 0 Å². The molecule has 0 aliphatic heterocycles. The number of carbonyl (C=O) groups is 1. The Bertz CT molecular complexity index is 689. The van der Waals surface area contributed by atoms with Crippen LogP contribution in [0.25, 0.3) is 0 Å². The van der Waals surface area contributed by atoms with E-state index >= 15 is 0 Å². The Morgan fingerprint density at radius 3 is 2.33 bits per heavy atom. The van der Waals surface area contributed by atoms with E-state index in [1.165, 1.54) is 23.3 Å². The molecule has 0 aliphatic rings. The molecule has 0 atom stereocenters. The standard InChI is InChI=1S/C17H18N2O2/c1-11-8-13(3)15(9-12(11)2)10-18-19-17(21)14-4-6-16(20)7-5-14/h4-10,20H,1-3H3,(H,19,21)/b18-10-. The zero-order chi connectivity index (χ0) is 15.4. The molecule has 0 saturated carbocycles. The van der Waals surface area contributed by atoms with Crippen LogP contribution in [0.5, 0.6) is 5.75 Å². The molecular formula is C17H18N2O2. The molecule has 0 radical (unpaired) electrons. The maximum absolute atomic E-state index is 11.8. The lowest BCUT2D eigenvalue weighted by Crippen LogP contribution is -2.17. The summed E-state index contributed by atoms with van der Waals surface area (Å²) in [5.41, 5.74) is 7.43. The number of benzene rings is 2. The van der Waals surface area contributed by atoms with E-state index in [4.69, 9.17) is 0 Å². The first-order valence-corrected chi connectivity index (χ1v) is 6.67. The van der Waals surface area contributed by atoms with E-state index < -0.39 is 0 Å². The maximum atomic E-state index is 11.8. The highest BCUT2D eigenvalue weighted by atomic mass is 16.3. The molecule has 2 rings (SSSR count). The van der Waals surface area contributed by atoms with Gasteiger partial charge in [-0.25, -0.2) is 5.43 Å². The van der Waals surface area contributed by atoms with Gasteiger partial charge in [0.1, 0.15) is 5.75 Å². The van der Waals surface area contributed by atoms with E-state index in [1.54, 1.807) is 18.3 Å². The second-order valence-electron chi connectivity index (χ2n) is 5.04. The van der Waals surface area contributed by atoms with Crippen molar-refractivity contribution in [3.8, 4) is 5.75 Å². The molecule has 4 heteroatoms. The molecular weight excluding hydrogens is 264 g/mol. The van der Waals surface area contributed by atoms with E-state index in [9.17, 15) is 9.90 Å². The second kappa shape index (κ2) is 6.22. The van der Waals surface area contributed by atoms with Crippen LogP contribution in [0.4, 0.5) is 0 Å². The largest absolute Gasteiger partial charge is 0.508 e. The summed E-state index contributed by atoms with van der Waals surface area (Å²) in [5.74, 6) is -0.187. The number of aryl methyl sites for hydroxylation is 3. The van der Waals surface area contributed by atoms with Crippen molar-refractivity contribution in [1.82, 2.24) is 5.43 Å². The van der Waals surface area contributed by atoms with Crippen molar-refractivity contribution in [1.29, 1.82) is 0 Å². The van der Waals surface area contributed by atoms with Crippen LogP contribution in [0.2, 0.25) is 0 Å². The summed E-state index contributed by atoms with van der Waals surface area (Å²) in [7, 11) is 0. The van der Waals surface area contributed by atoms with Crippen molar-refractivity contribution in [2.45, 2.75) is 20.8 Å². The molecule has 2 aromatic rings. The van der Waals surface area contributed by atoms with Crippen LogP contribution >= 0.6 is 0 Å². The molecule has 0 bridgehead atoms. The number of hydrogen-bond donors (Lipinski definition) is 2. The van der Waals surface area contributed by atoms with Crippen LogP contribution in [0.15, 0.2) is 41.5 Å². The Morgan fingerprint density at radius 2 is 1.67 bits per heavy atom. The van der Waals surface area contributed by atoms with Gasteiger partial charge in [0, 0.05) is 5.56 Å². The minimum absolute atomic E-state index is 0.126. The number of carbonyl (C=O) groups excluding carboxylic acids is 1. The van der Waals surface area contributed by atoms with Crippen molar-refractivity contribution < 1.29 is 9.90 Å². The lowest BCUT2D eigenvalue weighted by molar-refractivity contribution is 0.0955. The third-order valence-electron chi connectivity index (χ3n) is 3.38. The minimum Gasteiger partial charge on any atom is -0.508 e. The van der Waals surface area contributed by atoms with Crippen molar-refractivity contribution in [3.05, 3.63) is 64.2 Å². The van der Waals surface area contributed by atoms with Crippen LogP contribution in [0.3, 0.4) is 0 Å². The number of rotatable bonds is 3. The highest BCUT2D eigenvalue weighted by Crippen LogP contribution is 2.13. The predicted octanol–water partition coefficient (Wildman–Crippen LogP) is 3.08. The third kappa shape index (κ3) is 3.69. The van der Waals surface area contributed by atoms with Gasteiger partial charge in [0.2, 0.25) is 0 Å². The smallest absolute Gasteiger partial charge is 0.271 e. The van der Waals surface area contributed by atoms with Crippen LogP contribution in [-0.4, -0.2) is 17.2 Å². The van der Waals surface area contributed by atoms with Crippen LogP contribution < -0.4 is 5.43 Å². The first-order chi connectivity index (χ1) is 9.97. The van der Waals surface area contributed by atoms with E-state index in [1.807, 2.05) is 19.9 Å². The number of aromatic hydroxyl groups is 1. The molecule has 0 unspecified atom stereocenters. The van der Waals surface area contributed by atoms with Crippen molar-refractivity contribution >= 4 is 12.1 Å². The maximum Gasteiger partial charge on any atom is 0.271 e. The average molecular weight is 282 g/mol. The number of nitrogens with zero attached hydrogens (tertiary/aromatic N) is 1. The summed E-state index contributed by atoms with van der Waals surface area (Å²) in [4.78, 5) is 11.8. The second-order valence-corrected chi connectivity index (χ2v) is 5.04. The third-order valence-corrected chi connectivity index (χ3v) is 3.38. The Hall–Kier alpha value is -2.62. The molecule has 108 valence electrons.